The van der Waals surface area contributed by atoms with Crippen LogP contribution in [0.2, 0.25) is 0 Å². The molecule has 0 saturated heterocycles. The van der Waals surface area contributed by atoms with Crippen molar-refractivity contribution < 1.29 is 0 Å². The van der Waals surface area contributed by atoms with E-state index in [4.69, 9.17) is 0 Å². The first kappa shape index (κ1) is 6.78. The summed E-state index contributed by atoms with van der Waals surface area (Å²) in [6.45, 7) is 0. The van der Waals surface area contributed by atoms with E-state index in [1.54, 1.807) is 22.1 Å². The fourth-order valence-corrected chi connectivity index (χ4v) is 2.25. The van der Waals surface area contributed by atoms with Crippen LogP contribution in [0.5, 0.6) is 0 Å². The van der Waals surface area contributed by atoms with E-state index in [-0.39, 0.29) is 0 Å². The van der Waals surface area contributed by atoms with Crippen molar-refractivity contribution in [1.82, 2.24) is 0 Å². The monoisotopic (exact) mass is 216 g/mol. The first-order valence-electron chi connectivity index (χ1n) is 3.44. The molecule has 1 aliphatic rings. The summed E-state index contributed by atoms with van der Waals surface area (Å²) in [6, 6.07) is 0. The summed E-state index contributed by atoms with van der Waals surface area (Å²) in [4.78, 5) is 0. The van der Waals surface area contributed by atoms with Crippen molar-refractivity contribution in [3.63, 3.8) is 0 Å². The Morgan fingerprint density at radius 2 is 1.75 bits per heavy atom. The van der Waals surface area contributed by atoms with E-state index in [0.29, 0.717) is 0 Å². The van der Waals surface area contributed by atoms with Crippen molar-refractivity contribution in [3.8, 4) is 0 Å². The molecule has 0 bridgehead atoms. The third-order valence-corrected chi connectivity index (χ3v) is 3.23. The Kier molecular flexibility index (Phi) is 3.09. The van der Waals surface area contributed by atoms with Crippen LogP contribution >= 0.6 is 0 Å². The summed E-state index contributed by atoms with van der Waals surface area (Å²) >= 11 is 1.62. The van der Waals surface area contributed by atoms with Gasteiger partial charge in [0.05, 0.1) is 0 Å². The molecule has 0 aromatic rings. The first-order chi connectivity index (χ1) is 3.93. The van der Waals surface area contributed by atoms with Gasteiger partial charge in [0, 0.05) is 0 Å². The van der Waals surface area contributed by atoms with Gasteiger partial charge in [-0.2, -0.15) is 0 Å². The van der Waals surface area contributed by atoms with Gasteiger partial charge in [-0.3, -0.25) is 0 Å². The van der Waals surface area contributed by atoms with Crippen molar-refractivity contribution in [2.45, 2.75) is 32.1 Å². The van der Waals surface area contributed by atoms with E-state index in [1.165, 1.54) is 32.1 Å². The van der Waals surface area contributed by atoms with E-state index >= 15 is 0 Å². The molecule has 1 heteroatoms. The van der Waals surface area contributed by atoms with E-state index < -0.39 is 0 Å². The molecule has 1 rings (SSSR count). The van der Waals surface area contributed by atoms with Crippen LogP contribution in [0, 0.1) is 5.92 Å². The fourth-order valence-electron chi connectivity index (χ4n) is 1.30. The van der Waals surface area contributed by atoms with Crippen molar-refractivity contribution in [2.75, 3.05) is 0 Å². The van der Waals surface area contributed by atoms with Crippen LogP contribution in [-0.4, -0.2) is 26.1 Å². The maximum absolute atomic E-state index is 2.45. The molecular weight excluding hydrogens is 203 g/mol. The molecule has 0 spiro atoms. The molecule has 1 aliphatic carbocycles. The minimum atomic E-state index is 1.00. The van der Waals surface area contributed by atoms with Crippen LogP contribution in [-0.2, 0) is 0 Å². The van der Waals surface area contributed by atoms with E-state index in [2.05, 4.69) is 4.02 Å². The molecule has 2 radical (unpaired) electrons. The molecule has 0 atom stereocenters. The molecule has 0 nitrogen and oxygen atoms in total. The average molecular weight is 215 g/mol. The van der Waals surface area contributed by atoms with Gasteiger partial charge < -0.3 is 0 Å². The van der Waals surface area contributed by atoms with Crippen LogP contribution in [0.4, 0.5) is 0 Å². The molecule has 0 aliphatic heterocycles. The summed E-state index contributed by atoms with van der Waals surface area (Å²) in [5, 5.41) is 0. The number of rotatable bonds is 1. The van der Waals surface area contributed by atoms with E-state index in [9.17, 15) is 0 Å². The minimum absolute atomic E-state index is 1.00. The molecule has 0 amide bonds. The second-order valence-corrected chi connectivity index (χ2v) is 3.52. The predicted octanol–water partition coefficient (Wildman–Crippen LogP) is 1.54. The standard InChI is InChI=1S/C7H12.Sn/c1-7-5-3-2-4-6-7;/h1,7H,2-6H2;. The van der Waals surface area contributed by atoms with Crippen molar-refractivity contribution in [2.24, 2.45) is 5.92 Å². The zero-order valence-corrected chi connectivity index (χ0v) is 8.04. The van der Waals surface area contributed by atoms with Gasteiger partial charge in [0.15, 0.2) is 0 Å². The first-order valence-corrected chi connectivity index (χ1v) is 5.09. The summed E-state index contributed by atoms with van der Waals surface area (Å²) in [7, 11) is 0. The van der Waals surface area contributed by atoms with Crippen LogP contribution in [0.3, 0.4) is 0 Å². The van der Waals surface area contributed by atoms with Gasteiger partial charge in [-0.05, 0) is 0 Å². The molecule has 0 unspecified atom stereocenters. The van der Waals surface area contributed by atoms with Gasteiger partial charge in [0.25, 0.3) is 0 Å². The zero-order chi connectivity index (χ0) is 5.82. The quantitative estimate of drug-likeness (QED) is 0.582. The molecule has 44 valence electrons. The zero-order valence-electron chi connectivity index (χ0n) is 5.19. The van der Waals surface area contributed by atoms with Crippen molar-refractivity contribution in [1.29, 1.82) is 0 Å². The van der Waals surface area contributed by atoms with E-state index in [1.807, 2.05) is 0 Å². The Morgan fingerprint density at radius 3 is 2.12 bits per heavy atom. The fraction of sp³-hybridized carbons (Fsp3) is 0.857. The van der Waals surface area contributed by atoms with Gasteiger partial charge in [-0.15, -0.1) is 0 Å². The third kappa shape index (κ3) is 1.88. The normalized spacial score (nSPS) is 23.0. The second kappa shape index (κ2) is 3.65. The molecule has 0 N–H and O–H groups in total. The van der Waals surface area contributed by atoms with E-state index in [0.717, 1.165) is 5.92 Å². The van der Waals surface area contributed by atoms with Gasteiger partial charge in [-0.25, -0.2) is 0 Å². The van der Waals surface area contributed by atoms with Gasteiger partial charge >= 0.3 is 64.1 Å². The summed E-state index contributed by atoms with van der Waals surface area (Å²) in [5.74, 6) is 1.00. The Bertz CT molecular complexity index is 72.5. The summed E-state index contributed by atoms with van der Waals surface area (Å²) < 4.78 is 2.45. The van der Waals surface area contributed by atoms with Crippen molar-refractivity contribution >= 4 is 26.1 Å². The second-order valence-electron chi connectivity index (χ2n) is 2.56. The average Bonchev–Trinajstić information content (AvgIpc) is 1.90. The Morgan fingerprint density at radius 1 is 1.12 bits per heavy atom. The van der Waals surface area contributed by atoms with Gasteiger partial charge in [0.2, 0.25) is 0 Å². The Labute approximate surface area is 64.2 Å². The molecule has 0 heterocycles. The van der Waals surface area contributed by atoms with Gasteiger partial charge in [0.1, 0.15) is 0 Å². The molecule has 8 heavy (non-hydrogen) atoms. The Balaban J connectivity index is 2.22. The van der Waals surface area contributed by atoms with Gasteiger partial charge in [-0.1, -0.05) is 0 Å². The SMILES string of the molecule is [Sn]=[CH]C1CCCCC1. The molecular formula is C7H12Sn. The summed E-state index contributed by atoms with van der Waals surface area (Å²) in [5.41, 5.74) is 0. The maximum atomic E-state index is 2.45. The van der Waals surface area contributed by atoms with Crippen molar-refractivity contribution in [3.05, 3.63) is 0 Å². The number of hydrogen-bond donors (Lipinski definition) is 0. The molecule has 1 fully saturated rings. The van der Waals surface area contributed by atoms with Crippen LogP contribution in [0.1, 0.15) is 32.1 Å². The molecule has 0 aromatic carbocycles. The predicted molar refractivity (Wildman–Crippen MR) is 38.4 cm³/mol. The summed E-state index contributed by atoms with van der Waals surface area (Å²) in [6.07, 6.45) is 7.40. The van der Waals surface area contributed by atoms with Crippen LogP contribution in [0.25, 0.3) is 0 Å². The topological polar surface area (TPSA) is 0 Å². The van der Waals surface area contributed by atoms with Crippen LogP contribution < -0.4 is 0 Å². The third-order valence-electron chi connectivity index (χ3n) is 1.89. The Hall–Kier alpha value is 0.669. The number of hydrogen-bond acceptors (Lipinski definition) is 0. The molecule has 1 saturated carbocycles. The molecule has 0 aromatic heterocycles. The van der Waals surface area contributed by atoms with Crippen LogP contribution in [0.15, 0.2) is 0 Å².